The number of primary amides is 1. The third-order valence-corrected chi connectivity index (χ3v) is 2.26. The molecule has 0 saturated carbocycles. The van der Waals surface area contributed by atoms with Crippen LogP contribution in [0.25, 0.3) is 0 Å². The molecule has 0 fully saturated rings. The number of ketones is 1. The van der Waals surface area contributed by atoms with Gasteiger partial charge in [0, 0.05) is 5.75 Å². The van der Waals surface area contributed by atoms with Crippen molar-refractivity contribution in [1.29, 1.82) is 0 Å². The summed E-state index contributed by atoms with van der Waals surface area (Å²) in [5.74, 6) is -0.530. The number of Topliss-reactive ketones (excluding diaryl/α,β-unsaturated/α-hetero) is 1. The molecule has 0 aromatic heterocycles. The Balaban J connectivity index is 2.65. The summed E-state index contributed by atoms with van der Waals surface area (Å²) >= 11 is 1.39. The lowest BCUT2D eigenvalue weighted by atomic mass is 10.3. The van der Waals surface area contributed by atoms with Gasteiger partial charge in [0.1, 0.15) is 0 Å². The van der Waals surface area contributed by atoms with Crippen LogP contribution in [-0.4, -0.2) is 17.4 Å². The first-order chi connectivity index (χ1) is 4.72. The van der Waals surface area contributed by atoms with Crippen LogP contribution in [0.15, 0.2) is 11.0 Å². The van der Waals surface area contributed by atoms with Gasteiger partial charge < -0.3 is 5.73 Å². The zero-order chi connectivity index (χ0) is 7.56. The average molecular weight is 157 g/mol. The fraction of sp³-hybridized carbons (Fsp3) is 0.333. The maximum Gasteiger partial charge on any atom is 0.290 e. The summed E-state index contributed by atoms with van der Waals surface area (Å²) in [6.07, 6.45) is 2.61. The fourth-order valence-corrected chi connectivity index (χ4v) is 1.62. The van der Waals surface area contributed by atoms with E-state index in [1.807, 2.05) is 0 Å². The van der Waals surface area contributed by atoms with E-state index in [1.165, 1.54) is 11.8 Å². The molecule has 0 atom stereocenters. The van der Waals surface area contributed by atoms with E-state index in [2.05, 4.69) is 0 Å². The lowest BCUT2D eigenvalue weighted by molar-refractivity contribution is -0.133. The number of carbonyl (C=O) groups is 2. The van der Waals surface area contributed by atoms with Gasteiger partial charge in [-0.2, -0.15) is 0 Å². The summed E-state index contributed by atoms with van der Waals surface area (Å²) in [5, 5.41) is 0. The molecule has 0 spiro atoms. The Morgan fingerprint density at radius 2 is 2.30 bits per heavy atom. The molecule has 1 heterocycles. The highest BCUT2D eigenvalue weighted by molar-refractivity contribution is 8.04. The van der Waals surface area contributed by atoms with Crippen LogP contribution in [0.3, 0.4) is 0 Å². The first-order valence-electron chi connectivity index (χ1n) is 2.89. The van der Waals surface area contributed by atoms with Crippen LogP contribution in [0.2, 0.25) is 0 Å². The molecular formula is C6H7NO2S. The number of allylic oxidation sites excluding steroid dienone is 1. The SMILES string of the molecule is NC(=O)C(=O)C1=CCCS1. The average Bonchev–Trinajstić information content (AvgIpc) is 2.36. The molecule has 4 heteroatoms. The van der Waals surface area contributed by atoms with E-state index in [0.717, 1.165) is 12.2 Å². The molecule has 0 aliphatic carbocycles. The number of nitrogens with two attached hydrogens (primary N) is 1. The molecule has 2 N–H and O–H groups in total. The van der Waals surface area contributed by atoms with Gasteiger partial charge in [-0.3, -0.25) is 9.59 Å². The van der Waals surface area contributed by atoms with Gasteiger partial charge >= 0.3 is 0 Å². The van der Waals surface area contributed by atoms with Crippen molar-refractivity contribution in [2.45, 2.75) is 6.42 Å². The smallest absolute Gasteiger partial charge is 0.290 e. The van der Waals surface area contributed by atoms with Gasteiger partial charge in [0.2, 0.25) is 0 Å². The van der Waals surface area contributed by atoms with Crippen molar-refractivity contribution in [3.8, 4) is 0 Å². The summed E-state index contributed by atoms with van der Waals surface area (Å²) in [7, 11) is 0. The Morgan fingerprint density at radius 1 is 1.60 bits per heavy atom. The van der Waals surface area contributed by atoms with E-state index in [9.17, 15) is 9.59 Å². The lowest BCUT2D eigenvalue weighted by Crippen LogP contribution is -2.23. The number of hydrogen-bond acceptors (Lipinski definition) is 3. The van der Waals surface area contributed by atoms with E-state index in [1.54, 1.807) is 6.08 Å². The summed E-state index contributed by atoms with van der Waals surface area (Å²) in [6, 6.07) is 0. The Hall–Kier alpha value is -0.770. The molecule has 0 unspecified atom stereocenters. The van der Waals surface area contributed by atoms with Crippen LogP contribution in [0.4, 0.5) is 0 Å². The van der Waals surface area contributed by atoms with Crippen molar-refractivity contribution in [2.24, 2.45) is 5.73 Å². The van der Waals surface area contributed by atoms with Gasteiger partial charge in [-0.15, -0.1) is 11.8 Å². The molecule has 54 valence electrons. The number of rotatable bonds is 2. The van der Waals surface area contributed by atoms with Crippen LogP contribution in [0.1, 0.15) is 6.42 Å². The Bertz CT molecular complexity index is 210. The van der Waals surface area contributed by atoms with E-state index < -0.39 is 11.7 Å². The van der Waals surface area contributed by atoms with Crippen LogP contribution >= 0.6 is 11.8 Å². The maximum atomic E-state index is 10.8. The van der Waals surface area contributed by atoms with Gasteiger partial charge in [-0.1, -0.05) is 6.08 Å². The van der Waals surface area contributed by atoms with E-state index in [0.29, 0.717) is 4.91 Å². The summed E-state index contributed by atoms with van der Waals surface area (Å²) < 4.78 is 0. The second-order valence-corrected chi connectivity index (χ2v) is 3.04. The molecule has 0 aromatic carbocycles. The van der Waals surface area contributed by atoms with E-state index in [4.69, 9.17) is 5.73 Å². The van der Waals surface area contributed by atoms with Gasteiger partial charge in [0.05, 0.1) is 4.91 Å². The minimum Gasteiger partial charge on any atom is -0.363 e. The van der Waals surface area contributed by atoms with Crippen molar-refractivity contribution in [3.05, 3.63) is 11.0 Å². The minimum absolute atomic E-state index is 0.507. The molecule has 0 aromatic rings. The predicted octanol–water partition coefficient (Wildman–Crippen LogP) is 0.0616. The van der Waals surface area contributed by atoms with Gasteiger partial charge in [-0.25, -0.2) is 0 Å². The number of thioether (sulfide) groups is 1. The second-order valence-electron chi connectivity index (χ2n) is 1.90. The molecule has 3 nitrogen and oxygen atoms in total. The van der Waals surface area contributed by atoms with Crippen molar-refractivity contribution >= 4 is 23.5 Å². The van der Waals surface area contributed by atoms with Crippen LogP contribution in [-0.2, 0) is 9.59 Å². The molecule has 0 saturated heterocycles. The zero-order valence-electron chi connectivity index (χ0n) is 5.29. The molecule has 10 heavy (non-hydrogen) atoms. The second kappa shape index (κ2) is 2.88. The maximum absolute atomic E-state index is 10.8. The molecule has 0 radical (unpaired) electrons. The molecular weight excluding hydrogens is 150 g/mol. The molecule has 1 amide bonds. The van der Waals surface area contributed by atoms with Crippen LogP contribution in [0.5, 0.6) is 0 Å². The number of hydrogen-bond donors (Lipinski definition) is 1. The largest absolute Gasteiger partial charge is 0.363 e. The molecule has 0 bridgehead atoms. The predicted molar refractivity (Wildman–Crippen MR) is 39.4 cm³/mol. The molecule has 1 rings (SSSR count). The first-order valence-corrected chi connectivity index (χ1v) is 3.87. The Kier molecular flexibility index (Phi) is 2.11. The van der Waals surface area contributed by atoms with Crippen molar-refractivity contribution in [2.75, 3.05) is 5.75 Å². The summed E-state index contributed by atoms with van der Waals surface area (Å²) in [4.78, 5) is 21.6. The summed E-state index contributed by atoms with van der Waals surface area (Å²) in [6.45, 7) is 0. The highest BCUT2D eigenvalue weighted by Crippen LogP contribution is 2.24. The van der Waals surface area contributed by atoms with Gasteiger partial charge in [0.15, 0.2) is 0 Å². The Morgan fingerprint density at radius 3 is 2.70 bits per heavy atom. The minimum atomic E-state index is -0.861. The standard InChI is InChI=1S/C6H7NO2S/c7-6(9)5(8)4-2-1-3-10-4/h2H,1,3H2,(H2,7,9). The van der Waals surface area contributed by atoms with Crippen molar-refractivity contribution < 1.29 is 9.59 Å². The monoisotopic (exact) mass is 157 g/mol. The Labute approximate surface area is 62.7 Å². The van der Waals surface area contributed by atoms with Gasteiger partial charge in [-0.05, 0) is 6.42 Å². The summed E-state index contributed by atoms with van der Waals surface area (Å²) in [5.41, 5.74) is 4.77. The highest BCUT2D eigenvalue weighted by Gasteiger charge is 2.18. The zero-order valence-corrected chi connectivity index (χ0v) is 6.11. The third-order valence-electron chi connectivity index (χ3n) is 1.15. The van der Waals surface area contributed by atoms with E-state index >= 15 is 0 Å². The topological polar surface area (TPSA) is 60.2 Å². The fourth-order valence-electron chi connectivity index (χ4n) is 0.697. The normalized spacial score (nSPS) is 16.6. The van der Waals surface area contributed by atoms with Gasteiger partial charge in [0.25, 0.3) is 11.7 Å². The highest BCUT2D eigenvalue weighted by atomic mass is 32.2. The number of carbonyl (C=O) groups excluding carboxylic acids is 2. The van der Waals surface area contributed by atoms with Crippen molar-refractivity contribution in [3.63, 3.8) is 0 Å². The van der Waals surface area contributed by atoms with Crippen LogP contribution in [0, 0.1) is 0 Å². The third kappa shape index (κ3) is 1.39. The first kappa shape index (κ1) is 7.34. The number of amides is 1. The van der Waals surface area contributed by atoms with Crippen LogP contribution < -0.4 is 5.73 Å². The lowest BCUT2D eigenvalue weighted by Gasteiger charge is -1.92. The molecule has 1 aliphatic rings. The molecule has 1 aliphatic heterocycles. The van der Waals surface area contributed by atoms with E-state index in [-0.39, 0.29) is 0 Å². The van der Waals surface area contributed by atoms with Crippen molar-refractivity contribution in [1.82, 2.24) is 0 Å². The quantitative estimate of drug-likeness (QED) is 0.577.